The number of nitrogens with zero attached hydrogens (tertiary/aromatic N) is 1. The molecule has 0 aliphatic heterocycles. The van der Waals surface area contributed by atoms with Crippen LogP contribution in [-0.2, 0) is 19.0 Å². The maximum atomic E-state index is 13.7. The van der Waals surface area contributed by atoms with Crippen molar-refractivity contribution in [3.63, 3.8) is 0 Å². The lowest BCUT2D eigenvalue weighted by Crippen LogP contribution is -2.47. The molecule has 6 N–H and O–H groups in total. The summed E-state index contributed by atoms with van der Waals surface area (Å²) >= 11 is 0. The molecule has 0 bridgehead atoms. The lowest BCUT2D eigenvalue weighted by Gasteiger charge is -2.48. The Labute approximate surface area is 335 Å². The van der Waals surface area contributed by atoms with E-state index >= 15 is 0 Å². The van der Waals surface area contributed by atoms with Crippen LogP contribution in [0.5, 0.6) is 0 Å². The standard InChI is InChI=1S/C46H94N4O4/c1-10-14-16-30-50(31-17-15-11-2)44(51)24-21-37(5)42-23-22-38(6)46(42,9)43(54-34-20-29-49)36-39(35-41(13-4)53-33-19-28-48)45(7,8)26-25-40(12-3)52-32-18-27-47/h37-43H,10-36,47-49H2,1-9H3/t37-,38-,39-,40+,41-,42-,43+,46+/m1/s1. The first-order valence-corrected chi connectivity index (χ1v) is 23.1. The van der Waals surface area contributed by atoms with Crippen LogP contribution in [0.2, 0.25) is 0 Å². The number of rotatable bonds is 35. The molecule has 0 heterocycles. The second-order valence-corrected chi connectivity index (χ2v) is 18.0. The quantitative estimate of drug-likeness (QED) is 0.0549. The zero-order valence-electron chi connectivity index (χ0n) is 37.4. The maximum Gasteiger partial charge on any atom is 0.222 e. The second kappa shape index (κ2) is 29.4. The zero-order valence-corrected chi connectivity index (χ0v) is 37.4. The predicted octanol–water partition coefficient (Wildman–Crippen LogP) is 9.89. The molecule has 322 valence electrons. The average Bonchev–Trinajstić information content (AvgIpc) is 3.46. The molecule has 1 rings (SSSR count). The summed E-state index contributed by atoms with van der Waals surface area (Å²) in [5.74, 6) is 2.26. The van der Waals surface area contributed by atoms with Gasteiger partial charge in [0.25, 0.3) is 0 Å². The third-order valence-electron chi connectivity index (χ3n) is 13.6. The van der Waals surface area contributed by atoms with E-state index in [1.165, 1.54) is 38.5 Å². The summed E-state index contributed by atoms with van der Waals surface area (Å²) in [6, 6.07) is 0. The maximum absolute atomic E-state index is 13.7. The summed E-state index contributed by atoms with van der Waals surface area (Å²) in [7, 11) is 0. The molecule has 0 radical (unpaired) electrons. The van der Waals surface area contributed by atoms with E-state index in [-0.39, 0.29) is 29.1 Å². The Morgan fingerprint density at radius 1 is 0.759 bits per heavy atom. The van der Waals surface area contributed by atoms with Crippen molar-refractivity contribution >= 4 is 5.91 Å². The van der Waals surface area contributed by atoms with E-state index in [1.54, 1.807) is 0 Å². The molecular formula is C46H94N4O4. The Morgan fingerprint density at radius 2 is 1.30 bits per heavy atom. The van der Waals surface area contributed by atoms with Gasteiger partial charge in [-0.1, -0.05) is 88.0 Å². The van der Waals surface area contributed by atoms with E-state index in [2.05, 4.69) is 67.2 Å². The van der Waals surface area contributed by atoms with Gasteiger partial charge in [0.1, 0.15) is 0 Å². The van der Waals surface area contributed by atoms with Gasteiger partial charge in [-0.15, -0.1) is 0 Å². The van der Waals surface area contributed by atoms with Gasteiger partial charge in [-0.25, -0.2) is 0 Å². The molecule has 0 aromatic rings. The van der Waals surface area contributed by atoms with Crippen molar-refractivity contribution in [2.24, 2.45) is 51.7 Å². The molecule has 0 saturated heterocycles. The van der Waals surface area contributed by atoms with Crippen molar-refractivity contribution in [1.29, 1.82) is 0 Å². The van der Waals surface area contributed by atoms with E-state index in [1.807, 2.05) is 0 Å². The zero-order chi connectivity index (χ0) is 40.4. The monoisotopic (exact) mass is 767 g/mol. The van der Waals surface area contributed by atoms with Crippen LogP contribution in [-0.4, -0.2) is 81.7 Å². The Bertz CT molecular complexity index is 911. The van der Waals surface area contributed by atoms with Gasteiger partial charge in [0, 0.05) is 39.3 Å². The number of unbranched alkanes of at least 4 members (excludes halogenated alkanes) is 4. The molecule has 0 aromatic carbocycles. The highest BCUT2D eigenvalue weighted by molar-refractivity contribution is 5.76. The lowest BCUT2D eigenvalue weighted by atomic mass is 9.61. The smallest absolute Gasteiger partial charge is 0.222 e. The number of ether oxygens (including phenoxy) is 3. The van der Waals surface area contributed by atoms with Gasteiger partial charge < -0.3 is 36.3 Å². The highest BCUT2D eigenvalue weighted by atomic mass is 16.5. The fraction of sp³-hybridized carbons (Fsp3) is 0.978. The van der Waals surface area contributed by atoms with E-state index in [4.69, 9.17) is 31.4 Å². The van der Waals surface area contributed by atoms with Crippen molar-refractivity contribution in [2.45, 2.75) is 203 Å². The Balaban J connectivity index is 3.39. The van der Waals surface area contributed by atoms with Gasteiger partial charge in [-0.2, -0.15) is 0 Å². The van der Waals surface area contributed by atoms with Crippen LogP contribution in [0.15, 0.2) is 0 Å². The van der Waals surface area contributed by atoms with Crippen LogP contribution in [0, 0.1) is 34.5 Å². The molecule has 8 atom stereocenters. The number of hydrogen-bond donors (Lipinski definition) is 3. The first kappa shape index (κ1) is 51.2. The Kier molecular flexibility index (Phi) is 27.9. The number of carbonyl (C=O) groups excluding carboxylic acids is 1. The first-order valence-electron chi connectivity index (χ1n) is 23.1. The second-order valence-electron chi connectivity index (χ2n) is 18.0. The minimum absolute atomic E-state index is 0.00668. The van der Waals surface area contributed by atoms with Crippen LogP contribution < -0.4 is 17.2 Å². The highest BCUT2D eigenvalue weighted by Crippen LogP contribution is 2.56. The SMILES string of the molecule is CCCCCN(CCCCC)C(=O)CC[C@@H](C)[C@H]1CC[C@@H](C)[C@]1(C)[C@H](C[C@@H](C[C@@H](CC)OCCCN)C(C)(C)CC[C@H](CC)OCCCN)OCCCN. The van der Waals surface area contributed by atoms with Gasteiger partial charge in [-0.05, 0) is 144 Å². The van der Waals surface area contributed by atoms with Crippen LogP contribution in [0.3, 0.4) is 0 Å². The summed E-state index contributed by atoms with van der Waals surface area (Å²) in [6.45, 7) is 27.3. The van der Waals surface area contributed by atoms with Crippen molar-refractivity contribution in [2.75, 3.05) is 52.5 Å². The molecule has 0 unspecified atom stereocenters. The van der Waals surface area contributed by atoms with Crippen molar-refractivity contribution in [1.82, 2.24) is 4.90 Å². The summed E-state index contributed by atoms with van der Waals surface area (Å²) in [5.41, 5.74) is 17.8. The van der Waals surface area contributed by atoms with E-state index in [0.717, 1.165) is 96.7 Å². The van der Waals surface area contributed by atoms with Crippen LogP contribution in [0.25, 0.3) is 0 Å². The third-order valence-corrected chi connectivity index (χ3v) is 13.6. The van der Waals surface area contributed by atoms with E-state index in [0.29, 0.717) is 68.8 Å². The van der Waals surface area contributed by atoms with E-state index in [9.17, 15) is 4.79 Å². The molecule has 54 heavy (non-hydrogen) atoms. The molecule has 1 aliphatic carbocycles. The first-order chi connectivity index (χ1) is 25.9. The summed E-state index contributed by atoms with van der Waals surface area (Å²) in [4.78, 5) is 15.9. The highest BCUT2D eigenvalue weighted by Gasteiger charge is 2.53. The molecule has 8 heteroatoms. The molecular weight excluding hydrogens is 673 g/mol. The van der Waals surface area contributed by atoms with Gasteiger partial charge in [0.2, 0.25) is 5.91 Å². The predicted molar refractivity (Wildman–Crippen MR) is 231 cm³/mol. The van der Waals surface area contributed by atoms with E-state index < -0.39 is 0 Å². The number of nitrogens with two attached hydrogens (primary N) is 3. The van der Waals surface area contributed by atoms with Crippen molar-refractivity contribution in [3.05, 3.63) is 0 Å². The third kappa shape index (κ3) is 18.2. The lowest BCUT2D eigenvalue weighted by molar-refractivity contribution is -0.132. The fourth-order valence-corrected chi connectivity index (χ4v) is 9.33. The normalized spacial score (nSPS) is 21.9. The van der Waals surface area contributed by atoms with Crippen LogP contribution in [0.4, 0.5) is 0 Å². The van der Waals surface area contributed by atoms with Gasteiger partial charge in [0.05, 0.1) is 18.3 Å². The van der Waals surface area contributed by atoms with Crippen LogP contribution >= 0.6 is 0 Å². The van der Waals surface area contributed by atoms with Crippen LogP contribution in [0.1, 0.15) is 184 Å². The van der Waals surface area contributed by atoms with Crippen molar-refractivity contribution < 1.29 is 19.0 Å². The molecule has 1 fully saturated rings. The molecule has 1 amide bonds. The Morgan fingerprint density at radius 3 is 1.81 bits per heavy atom. The topological polar surface area (TPSA) is 126 Å². The fourth-order valence-electron chi connectivity index (χ4n) is 9.33. The van der Waals surface area contributed by atoms with Gasteiger partial charge >= 0.3 is 0 Å². The largest absolute Gasteiger partial charge is 0.378 e. The van der Waals surface area contributed by atoms with Gasteiger partial charge in [0.15, 0.2) is 0 Å². The Hall–Kier alpha value is -0.770. The molecule has 1 saturated carbocycles. The number of carbonyl (C=O) groups is 1. The average molecular weight is 767 g/mol. The summed E-state index contributed by atoms with van der Waals surface area (Å²) in [6.07, 6.45) is 20.4. The minimum Gasteiger partial charge on any atom is -0.378 e. The van der Waals surface area contributed by atoms with Gasteiger partial charge in [-0.3, -0.25) is 4.79 Å². The summed E-state index contributed by atoms with van der Waals surface area (Å²) in [5, 5.41) is 0. The summed E-state index contributed by atoms with van der Waals surface area (Å²) < 4.78 is 19.9. The molecule has 1 aliphatic rings. The van der Waals surface area contributed by atoms with Crippen molar-refractivity contribution in [3.8, 4) is 0 Å². The molecule has 0 spiro atoms. The molecule has 0 aromatic heterocycles. The number of amides is 1. The minimum atomic E-state index is 0.00668. The number of hydrogen-bond acceptors (Lipinski definition) is 7. The molecule has 8 nitrogen and oxygen atoms in total.